The summed E-state index contributed by atoms with van der Waals surface area (Å²) < 4.78 is 9.47. The molecular weight excluding hydrogens is 508 g/mol. The van der Waals surface area contributed by atoms with Crippen molar-refractivity contribution in [2.75, 3.05) is 37.1 Å². The van der Waals surface area contributed by atoms with Crippen LogP contribution >= 0.6 is 0 Å². The predicted octanol–water partition coefficient (Wildman–Crippen LogP) is 6.45. The van der Waals surface area contributed by atoms with E-state index < -0.39 is 12.2 Å². The minimum Gasteiger partial charge on any atom is -0.450 e. The zero-order valence-corrected chi connectivity index (χ0v) is 24.2. The summed E-state index contributed by atoms with van der Waals surface area (Å²) in [7, 11) is 0. The summed E-state index contributed by atoms with van der Waals surface area (Å²) in [6.45, 7) is 8.75. The molecule has 0 fully saturated rings. The molecule has 0 atom stereocenters. The average Bonchev–Trinajstić information content (AvgIpc) is 2.91. The van der Waals surface area contributed by atoms with Crippen LogP contribution in [-0.4, -0.2) is 48.8 Å². The van der Waals surface area contributed by atoms with E-state index in [0.29, 0.717) is 13.2 Å². The highest BCUT2D eigenvalue weighted by atomic mass is 16.6. The normalized spacial score (nSPS) is 9.05. The van der Waals surface area contributed by atoms with Crippen molar-refractivity contribution in [2.24, 2.45) is 0 Å². The molecule has 8 nitrogen and oxygen atoms in total. The molecule has 2 rings (SSSR count). The fourth-order valence-corrected chi connectivity index (χ4v) is 2.88. The SMILES string of the molecule is CCOC(=O)Nc1cccc(C)c1.CCOC(=O)Nc1cccc(C)c1.OCCCCC#CC#CCCCCO. The maximum Gasteiger partial charge on any atom is 0.411 e. The molecular formula is C32H44N2O6. The molecule has 0 aromatic heterocycles. The smallest absolute Gasteiger partial charge is 0.411 e. The lowest BCUT2D eigenvalue weighted by Crippen LogP contribution is -2.13. The van der Waals surface area contributed by atoms with Crippen LogP contribution in [0.25, 0.3) is 0 Å². The van der Waals surface area contributed by atoms with Crippen molar-refractivity contribution in [2.45, 2.75) is 66.2 Å². The molecule has 2 aromatic rings. The number of carbonyl (C=O) groups is 2. The fourth-order valence-electron chi connectivity index (χ4n) is 2.88. The highest BCUT2D eigenvalue weighted by Gasteiger charge is 2.01. The Balaban J connectivity index is 0.000000571. The summed E-state index contributed by atoms with van der Waals surface area (Å²) in [5.41, 5.74) is 3.74. The Morgan fingerprint density at radius 1 is 0.700 bits per heavy atom. The molecule has 0 aliphatic rings. The van der Waals surface area contributed by atoms with E-state index in [0.717, 1.165) is 61.0 Å². The average molecular weight is 553 g/mol. The molecule has 0 aliphatic heterocycles. The second-order valence-corrected chi connectivity index (χ2v) is 8.39. The summed E-state index contributed by atoms with van der Waals surface area (Å²) >= 11 is 0. The van der Waals surface area contributed by atoms with Crippen molar-refractivity contribution in [3.8, 4) is 23.7 Å². The zero-order valence-electron chi connectivity index (χ0n) is 24.2. The predicted molar refractivity (Wildman–Crippen MR) is 161 cm³/mol. The molecule has 40 heavy (non-hydrogen) atoms. The van der Waals surface area contributed by atoms with Crippen LogP contribution in [0.2, 0.25) is 0 Å². The Bertz CT molecular complexity index is 1010. The van der Waals surface area contributed by atoms with Crippen molar-refractivity contribution in [3.63, 3.8) is 0 Å². The summed E-state index contributed by atoms with van der Waals surface area (Å²) in [4.78, 5) is 22.0. The maximum absolute atomic E-state index is 11.0. The lowest BCUT2D eigenvalue weighted by Gasteiger charge is -2.05. The molecule has 0 saturated carbocycles. The summed E-state index contributed by atoms with van der Waals surface area (Å²) in [6, 6.07) is 15.1. The van der Waals surface area contributed by atoms with Gasteiger partial charge in [-0.1, -0.05) is 36.1 Å². The Kier molecular flexibility index (Phi) is 22.8. The molecule has 218 valence electrons. The van der Waals surface area contributed by atoms with Gasteiger partial charge in [-0.2, -0.15) is 0 Å². The first-order valence-corrected chi connectivity index (χ1v) is 13.5. The number of anilines is 2. The van der Waals surface area contributed by atoms with Crippen LogP contribution in [0.5, 0.6) is 0 Å². The van der Waals surface area contributed by atoms with E-state index in [-0.39, 0.29) is 13.2 Å². The number of nitrogens with one attached hydrogen (secondary N) is 2. The number of aryl methyl sites for hydroxylation is 2. The minimum absolute atomic E-state index is 0.245. The van der Waals surface area contributed by atoms with Gasteiger partial charge in [0.05, 0.1) is 13.2 Å². The van der Waals surface area contributed by atoms with Gasteiger partial charge in [0.15, 0.2) is 0 Å². The topological polar surface area (TPSA) is 117 Å². The molecule has 2 aromatic carbocycles. The third kappa shape index (κ3) is 22.0. The number of unbranched alkanes of at least 4 members (excludes halogenated alkanes) is 4. The van der Waals surface area contributed by atoms with Gasteiger partial charge in [-0.3, -0.25) is 10.6 Å². The monoisotopic (exact) mass is 552 g/mol. The highest BCUT2D eigenvalue weighted by Crippen LogP contribution is 2.10. The van der Waals surface area contributed by atoms with Crippen LogP contribution in [0.15, 0.2) is 48.5 Å². The van der Waals surface area contributed by atoms with Gasteiger partial charge >= 0.3 is 12.2 Å². The van der Waals surface area contributed by atoms with Gasteiger partial charge in [-0.15, -0.1) is 0 Å². The molecule has 0 heterocycles. The van der Waals surface area contributed by atoms with Crippen LogP contribution in [-0.2, 0) is 9.47 Å². The summed E-state index contributed by atoms with van der Waals surface area (Å²) in [5.74, 6) is 11.4. The van der Waals surface area contributed by atoms with Gasteiger partial charge in [0.2, 0.25) is 0 Å². The van der Waals surface area contributed by atoms with Gasteiger partial charge in [-0.05, 0) is 101 Å². The molecule has 2 amide bonds. The van der Waals surface area contributed by atoms with Gasteiger partial charge in [0.25, 0.3) is 0 Å². The number of amides is 2. The summed E-state index contributed by atoms with van der Waals surface area (Å²) in [6.07, 6.45) is 4.32. The number of ether oxygens (including phenoxy) is 2. The van der Waals surface area contributed by atoms with E-state index in [9.17, 15) is 9.59 Å². The third-order valence-electron chi connectivity index (χ3n) is 4.74. The maximum atomic E-state index is 11.0. The largest absolute Gasteiger partial charge is 0.450 e. The third-order valence-corrected chi connectivity index (χ3v) is 4.74. The standard InChI is InChI=1S/C12H18O2.2C10H13NO2/c13-11-9-7-5-3-1-2-4-6-8-10-12-14;2*1-3-13-10(12)11-9-6-4-5-8(2)7-9/h13-14H,5-12H2;2*4-7H,3H2,1-2H3,(H,11,12). The first kappa shape index (κ1) is 36.0. The first-order valence-electron chi connectivity index (χ1n) is 13.5. The van der Waals surface area contributed by atoms with Crippen LogP contribution in [0.3, 0.4) is 0 Å². The number of aliphatic hydroxyl groups excluding tert-OH is 2. The van der Waals surface area contributed by atoms with Gasteiger partial charge in [0, 0.05) is 37.4 Å². The number of aliphatic hydroxyl groups is 2. The second kappa shape index (κ2) is 25.3. The molecule has 0 aliphatic carbocycles. The van der Waals surface area contributed by atoms with Crippen molar-refractivity contribution in [3.05, 3.63) is 59.7 Å². The molecule has 0 bridgehead atoms. The number of benzene rings is 2. The Labute approximate surface area is 239 Å². The van der Waals surface area contributed by atoms with Crippen molar-refractivity contribution < 1.29 is 29.3 Å². The number of hydrogen-bond donors (Lipinski definition) is 4. The van der Waals surface area contributed by atoms with Crippen molar-refractivity contribution in [1.82, 2.24) is 0 Å². The zero-order chi connectivity index (χ0) is 29.8. The van der Waals surface area contributed by atoms with Gasteiger partial charge in [-0.25, -0.2) is 9.59 Å². The van der Waals surface area contributed by atoms with Crippen molar-refractivity contribution in [1.29, 1.82) is 0 Å². The first-order chi connectivity index (χ1) is 19.4. The second-order valence-electron chi connectivity index (χ2n) is 8.39. The molecule has 0 radical (unpaired) electrons. The number of rotatable bonds is 10. The lowest BCUT2D eigenvalue weighted by molar-refractivity contribution is 0.167. The van der Waals surface area contributed by atoms with Crippen LogP contribution in [0.4, 0.5) is 21.0 Å². The quantitative estimate of drug-likeness (QED) is 0.199. The van der Waals surface area contributed by atoms with Crippen LogP contribution in [0.1, 0.15) is 63.5 Å². The lowest BCUT2D eigenvalue weighted by atomic mass is 10.2. The van der Waals surface area contributed by atoms with Crippen LogP contribution < -0.4 is 10.6 Å². The molecule has 0 saturated heterocycles. The van der Waals surface area contributed by atoms with E-state index in [1.807, 2.05) is 62.4 Å². The Morgan fingerprint density at radius 3 is 1.43 bits per heavy atom. The van der Waals surface area contributed by atoms with Gasteiger partial charge < -0.3 is 19.7 Å². The van der Waals surface area contributed by atoms with Crippen LogP contribution in [0, 0.1) is 37.5 Å². The van der Waals surface area contributed by atoms with Crippen molar-refractivity contribution >= 4 is 23.6 Å². The Morgan fingerprint density at radius 2 is 1.10 bits per heavy atom. The molecule has 0 spiro atoms. The molecule has 8 heteroatoms. The van der Waals surface area contributed by atoms with E-state index in [1.54, 1.807) is 13.8 Å². The highest BCUT2D eigenvalue weighted by molar-refractivity contribution is 5.85. The van der Waals surface area contributed by atoms with E-state index in [2.05, 4.69) is 34.3 Å². The van der Waals surface area contributed by atoms with E-state index in [1.165, 1.54) is 0 Å². The minimum atomic E-state index is -0.409. The summed E-state index contributed by atoms with van der Waals surface area (Å²) in [5, 5.41) is 22.2. The molecule has 4 N–H and O–H groups in total. The van der Waals surface area contributed by atoms with Gasteiger partial charge in [0.1, 0.15) is 0 Å². The number of carbonyl (C=O) groups excluding carboxylic acids is 2. The van der Waals surface area contributed by atoms with E-state index in [4.69, 9.17) is 19.7 Å². The van der Waals surface area contributed by atoms with E-state index >= 15 is 0 Å². The fraction of sp³-hybridized carbons (Fsp3) is 0.438. The Hall–Kier alpha value is -3.98. The molecule has 0 unspecified atom stereocenters. The number of hydrogen-bond acceptors (Lipinski definition) is 6.